The molecule has 0 bridgehead atoms. The number of nitrogens with two attached hydrogens (primary N) is 1. The van der Waals surface area contributed by atoms with Crippen molar-refractivity contribution in [1.29, 1.82) is 0 Å². The molecule has 0 aromatic carbocycles. The molecule has 1 aliphatic carbocycles. The van der Waals surface area contributed by atoms with Gasteiger partial charge in [0.05, 0.1) is 0 Å². The van der Waals surface area contributed by atoms with E-state index in [1.807, 2.05) is 6.92 Å². The van der Waals surface area contributed by atoms with Crippen LogP contribution >= 0.6 is 0 Å². The molecule has 0 saturated heterocycles. The van der Waals surface area contributed by atoms with Crippen molar-refractivity contribution < 1.29 is 0 Å². The number of nitrogens with one attached hydrogen (secondary N) is 1. The summed E-state index contributed by atoms with van der Waals surface area (Å²) in [6.45, 7) is 1.90. The molecular weight excluding hydrogens is 196 g/mol. The molecular formula is C14H26N2. The van der Waals surface area contributed by atoms with E-state index in [1.165, 1.54) is 44.9 Å². The predicted molar refractivity (Wildman–Crippen MR) is 69.6 cm³/mol. The third kappa shape index (κ3) is 5.53. The van der Waals surface area contributed by atoms with Crippen LogP contribution in [0.5, 0.6) is 0 Å². The lowest BCUT2D eigenvalue weighted by Crippen LogP contribution is -2.35. The lowest BCUT2D eigenvalue weighted by atomic mass is 9.85. The Morgan fingerprint density at radius 3 is 2.62 bits per heavy atom. The van der Waals surface area contributed by atoms with Crippen molar-refractivity contribution in [1.82, 2.24) is 5.43 Å². The SMILES string of the molecule is CC#CCCC(CCC1CCCCC1)NN. The van der Waals surface area contributed by atoms with Crippen LogP contribution in [0.15, 0.2) is 0 Å². The molecule has 0 spiro atoms. The minimum Gasteiger partial charge on any atom is -0.271 e. The van der Waals surface area contributed by atoms with Gasteiger partial charge in [0.2, 0.25) is 0 Å². The Balaban J connectivity index is 2.13. The predicted octanol–water partition coefficient (Wildman–Crippen LogP) is 2.98. The molecule has 1 saturated carbocycles. The van der Waals surface area contributed by atoms with Crippen molar-refractivity contribution in [3.8, 4) is 11.8 Å². The maximum atomic E-state index is 5.57. The molecule has 2 nitrogen and oxygen atoms in total. The van der Waals surface area contributed by atoms with Crippen LogP contribution in [-0.4, -0.2) is 6.04 Å². The highest BCUT2D eigenvalue weighted by molar-refractivity contribution is 4.95. The molecule has 0 radical (unpaired) electrons. The quantitative estimate of drug-likeness (QED) is 0.412. The fourth-order valence-corrected chi connectivity index (χ4v) is 2.60. The highest BCUT2D eigenvalue weighted by Crippen LogP contribution is 2.27. The van der Waals surface area contributed by atoms with Gasteiger partial charge in [0, 0.05) is 12.5 Å². The normalized spacial score (nSPS) is 18.9. The van der Waals surface area contributed by atoms with Gasteiger partial charge >= 0.3 is 0 Å². The summed E-state index contributed by atoms with van der Waals surface area (Å²) in [6.07, 6.45) is 11.8. The number of hydrazine groups is 1. The van der Waals surface area contributed by atoms with E-state index in [2.05, 4.69) is 17.3 Å². The smallest absolute Gasteiger partial charge is 0.0219 e. The van der Waals surface area contributed by atoms with Crippen LogP contribution in [0.1, 0.15) is 64.7 Å². The minimum atomic E-state index is 0.461. The highest BCUT2D eigenvalue weighted by atomic mass is 15.2. The summed E-state index contributed by atoms with van der Waals surface area (Å²) >= 11 is 0. The summed E-state index contributed by atoms with van der Waals surface area (Å²) in [5.41, 5.74) is 2.93. The monoisotopic (exact) mass is 222 g/mol. The second kappa shape index (κ2) is 8.61. The molecule has 16 heavy (non-hydrogen) atoms. The van der Waals surface area contributed by atoms with Crippen molar-refractivity contribution in [2.45, 2.75) is 70.8 Å². The van der Waals surface area contributed by atoms with Gasteiger partial charge in [0.25, 0.3) is 0 Å². The largest absolute Gasteiger partial charge is 0.271 e. The van der Waals surface area contributed by atoms with Gasteiger partial charge in [0.15, 0.2) is 0 Å². The maximum absolute atomic E-state index is 5.57. The van der Waals surface area contributed by atoms with Gasteiger partial charge < -0.3 is 0 Å². The van der Waals surface area contributed by atoms with E-state index in [0.29, 0.717) is 6.04 Å². The molecule has 1 aliphatic rings. The van der Waals surface area contributed by atoms with Crippen molar-refractivity contribution >= 4 is 0 Å². The van der Waals surface area contributed by atoms with E-state index in [1.54, 1.807) is 0 Å². The molecule has 0 aromatic heterocycles. The zero-order valence-electron chi connectivity index (χ0n) is 10.6. The van der Waals surface area contributed by atoms with E-state index in [4.69, 9.17) is 5.84 Å². The summed E-state index contributed by atoms with van der Waals surface area (Å²) < 4.78 is 0. The van der Waals surface area contributed by atoms with Crippen molar-refractivity contribution in [2.75, 3.05) is 0 Å². The molecule has 2 heteroatoms. The Morgan fingerprint density at radius 2 is 2.00 bits per heavy atom. The van der Waals surface area contributed by atoms with Gasteiger partial charge in [0.1, 0.15) is 0 Å². The summed E-state index contributed by atoms with van der Waals surface area (Å²) in [5, 5.41) is 0. The standard InChI is InChI=1S/C14H26N2/c1-2-3-5-10-14(16-15)12-11-13-8-6-4-7-9-13/h13-14,16H,4-12,15H2,1H3. The first-order valence-corrected chi connectivity index (χ1v) is 6.72. The lowest BCUT2D eigenvalue weighted by Gasteiger charge is -2.23. The third-order valence-corrected chi connectivity index (χ3v) is 3.68. The number of hydrogen-bond acceptors (Lipinski definition) is 2. The van der Waals surface area contributed by atoms with Crippen molar-refractivity contribution in [2.24, 2.45) is 11.8 Å². The first-order chi connectivity index (χ1) is 7.86. The van der Waals surface area contributed by atoms with Gasteiger partial charge in [-0.05, 0) is 32.1 Å². The Bertz CT molecular complexity index is 221. The molecule has 92 valence electrons. The average Bonchev–Trinajstić information content (AvgIpc) is 2.35. The van der Waals surface area contributed by atoms with E-state index in [-0.39, 0.29) is 0 Å². The first kappa shape index (κ1) is 13.5. The van der Waals surface area contributed by atoms with E-state index >= 15 is 0 Å². The van der Waals surface area contributed by atoms with Gasteiger partial charge in [-0.3, -0.25) is 11.3 Å². The minimum absolute atomic E-state index is 0.461. The fraction of sp³-hybridized carbons (Fsp3) is 0.857. The van der Waals surface area contributed by atoms with Crippen LogP contribution in [0.25, 0.3) is 0 Å². The van der Waals surface area contributed by atoms with Crippen molar-refractivity contribution in [3.63, 3.8) is 0 Å². The summed E-state index contributed by atoms with van der Waals surface area (Å²) in [4.78, 5) is 0. The summed E-state index contributed by atoms with van der Waals surface area (Å²) in [5.74, 6) is 12.6. The first-order valence-electron chi connectivity index (χ1n) is 6.72. The zero-order chi connectivity index (χ0) is 11.6. The van der Waals surface area contributed by atoms with Crippen LogP contribution < -0.4 is 11.3 Å². The van der Waals surface area contributed by atoms with Crippen LogP contribution in [0.3, 0.4) is 0 Å². The van der Waals surface area contributed by atoms with Crippen LogP contribution in [0, 0.1) is 17.8 Å². The Morgan fingerprint density at radius 1 is 1.25 bits per heavy atom. The Kier molecular flexibility index (Phi) is 7.29. The lowest BCUT2D eigenvalue weighted by molar-refractivity contribution is 0.310. The van der Waals surface area contributed by atoms with Crippen LogP contribution in [0.2, 0.25) is 0 Å². The second-order valence-corrected chi connectivity index (χ2v) is 4.91. The number of rotatable bonds is 6. The van der Waals surface area contributed by atoms with E-state index in [9.17, 15) is 0 Å². The van der Waals surface area contributed by atoms with Crippen molar-refractivity contribution in [3.05, 3.63) is 0 Å². The Hall–Kier alpha value is -0.520. The van der Waals surface area contributed by atoms with Crippen LogP contribution in [0.4, 0.5) is 0 Å². The summed E-state index contributed by atoms with van der Waals surface area (Å²) in [6, 6.07) is 0.461. The molecule has 1 fully saturated rings. The Labute approximate surface area is 100 Å². The fourth-order valence-electron chi connectivity index (χ4n) is 2.60. The molecule has 1 rings (SSSR count). The van der Waals surface area contributed by atoms with Gasteiger partial charge in [-0.15, -0.1) is 11.8 Å². The van der Waals surface area contributed by atoms with E-state index in [0.717, 1.165) is 18.8 Å². The molecule has 1 unspecified atom stereocenters. The van der Waals surface area contributed by atoms with E-state index < -0.39 is 0 Å². The molecule has 3 N–H and O–H groups in total. The van der Waals surface area contributed by atoms with Gasteiger partial charge in [-0.1, -0.05) is 32.1 Å². The topological polar surface area (TPSA) is 38.0 Å². The molecule has 0 heterocycles. The summed E-state index contributed by atoms with van der Waals surface area (Å²) in [7, 11) is 0. The molecule has 0 aromatic rings. The second-order valence-electron chi connectivity index (χ2n) is 4.91. The van der Waals surface area contributed by atoms with Gasteiger partial charge in [-0.25, -0.2) is 0 Å². The zero-order valence-corrected chi connectivity index (χ0v) is 10.6. The van der Waals surface area contributed by atoms with Gasteiger partial charge in [-0.2, -0.15) is 0 Å². The highest BCUT2D eigenvalue weighted by Gasteiger charge is 2.15. The molecule has 0 aliphatic heterocycles. The molecule has 0 amide bonds. The average molecular weight is 222 g/mol. The maximum Gasteiger partial charge on any atom is 0.0219 e. The third-order valence-electron chi connectivity index (χ3n) is 3.68. The number of hydrogen-bond donors (Lipinski definition) is 2. The molecule has 1 atom stereocenters. The van der Waals surface area contributed by atoms with Crippen LogP contribution in [-0.2, 0) is 0 Å².